The molecule has 0 saturated carbocycles. The van der Waals surface area contributed by atoms with Gasteiger partial charge < -0.3 is 0 Å². The normalized spacial score (nSPS) is 16.1. The van der Waals surface area contributed by atoms with E-state index in [9.17, 15) is 8.42 Å². The second-order valence-electron chi connectivity index (χ2n) is 7.66. The molecule has 0 aromatic heterocycles. The minimum absolute atomic E-state index is 0.126. The van der Waals surface area contributed by atoms with Gasteiger partial charge in [0.15, 0.2) is 0 Å². The first-order valence-corrected chi connectivity index (χ1v) is 12.0. The van der Waals surface area contributed by atoms with E-state index < -0.39 is 10.0 Å². The van der Waals surface area contributed by atoms with Gasteiger partial charge in [-0.05, 0) is 35.2 Å². The van der Waals surface area contributed by atoms with Gasteiger partial charge in [-0.2, -0.15) is 4.31 Å². The zero-order chi connectivity index (χ0) is 21.0. The van der Waals surface area contributed by atoms with E-state index >= 15 is 0 Å². The van der Waals surface area contributed by atoms with E-state index in [2.05, 4.69) is 60.4 Å². The van der Waals surface area contributed by atoms with Crippen LogP contribution in [0.1, 0.15) is 29.7 Å². The summed E-state index contributed by atoms with van der Waals surface area (Å²) < 4.78 is 27.8. The van der Waals surface area contributed by atoms with Crippen molar-refractivity contribution in [3.05, 3.63) is 102 Å². The van der Waals surface area contributed by atoms with Crippen LogP contribution in [-0.4, -0.2) is 43.8 Å². The summed E-state index contributed by atoms with van der Waals surface area (Å²) in [6.45, 7) is 4.45. The molecule has 0 aliphatic carbocycles. The number of sulfonamides is 1. The second-order valence-corrected chi connectivity index (χ2v) is 9.60. The fraction of sp³-hybridized carbons (Fsp3) is 0.280. The Labute approximate surface area is 179 Å². The Morgan fingerprint density at radius 1 is 0.733 bits per heavy atom. The van der Waals surface area contributed by atoms with Crippen LogP contribution in [0.3, 0.4) is 0 Å². The first-order chi connectivity index (χ1) is 14.6. The Hall–Kier alpha value is -2.47. The molecular weight excluding hydrogens is 392 g/mol. The molecule has 1 aliphatic heterocycles. The summed E-state index contributed by atoms with van der Waals surface area (Å²) in [6.07, 6.45) is 0.902. The Morgan fingerprint density at radius 3 is 1.70 bits per heavy atom. The molecule has 1 saturated heterocycles. The monoisotopic (exact) mass is 420 g/mol. The number of nitrogens with zero attached hydrogens (tertiary/aromatic N) is 2. The third-order valence-electron chi connectivity index (χ3n) is 5.84. The van der Waals surface area contributed by atoms with E-state index in [4.69, 9.17) is 0 Å². The lowest BCUT2D eigenvalue weighted by Gasteiger charge is -2.39. The highest BCUT2D eigenvalue weighted by Gasteiger charge is 2.32. The van der Waals surface area contributed by atoms with E-state index in [1.165, 1.54) is 11.1 Å². The van der Waals surface area contributed by atoms with Crippen molar-refractivity contribution in [2.75, 3.05) is 26.2 Å². The Bertz CT molecular complexity index is 1000. The molecule has 156 valence electrons. The van der Waals surface area contributed by atoms with Gasteiger partial charge in [-0.25, -0.2) is 8.42 Å². The number of piperazine rings is 1. The molecule has 0 bridgehead atoms. The fourth-order valence-corrected chi connectivity index (χ4v) is 5.56. The van der Waals surface area contributed by atoms with Crippen LogP contribution < -0.4 is 0 Å². The minimum atomic E-state index is -3.46. The molecule has 1 heterocycles. The minimum Gasteiger partial charge on any atom is -0.290 e. The molecule has 5 heteroatoms. The molecular formula is C25H28N2O2S. The van der Waals surface area contributed by atoms with Gasteiger partial charge in [0.2, 0.25) is 10.0 Å². The van der Waals surface area contributed by atoms with Gasteiger partial charge in [0.25, 0.3) is 0 Å². The highest BCUT2D eigenvalue weighted by atomic mass is 32.2. The zero-order valence-electron chi connectivity index (χ0n) is 17.3. The molecule has 0 atom stereocenters. The maximum atomic E-state index is 13.1. The molecule has 1 fully saturated rings. The highest BCUT2D eigenvalue weighted by molar-refractivity contribution is 7.89. The van der Waals surface area contributed by atoms with Crippen LogP contribution in [-0.2, 0) is 16.4 Å². The van der Waals surface area contributed by atoms with Crippen molar-refractivity contribution >= 4 is 10.0 Å². The average molecular weight is 421 g/mol. The van der Waals surface area contributed by atoms with Crippen LogP contribution in [0.5, 0.6) is 0 Å². The van der Waals surface area contributed by atoms with E-state index in [0.29, 0.717) is 31.1 Å². The van der Waals surface area contributed by atoms with E-state index in [1.54, 1.807) is 16.4 Å². The van der Waals surface area contributed by atoms with Gasteiger partial charge in [0, 0.05) is 26.2 Å². The maximum absolute atomic E-state index is 13.1. The summed E-state index contributed by atoms with van der Waals surface area (Å²) in [6, 6.07) is 28.3. The first-order valence-electron chi connectivity index (χ1n) is 10.5. The first kappa shape index (κ1) is 20.8. The summed E-state index contributed by atoms with van der Waals surface area (Å²) in [5.41, 5.74) is 3.61. The third kappa shape index (κ3) is 4.33. The van der Waals surface area contributed by atoms with Crippen LogP contribution in [0.25, 0.3) is 0 Å². The topological polar surface area (TPSA) is 40.6 Å². The molecule has 0 unspecified atom stereocenters. The summed E-state index contributed by atoms with van der Waals surface area (Å²) in [4.78, 5) is 2.77. The van der Waals surface area contributed by atoms with Crippen molar-refractivity contribution in [3.8, 4) is 0 Å². The summed E-state index contributed by atoms with van der Waals surface area (Å²) >= 11 is 0. The lowest BCUT2D eigenvalue weighted by molar-refractivity contribution is 0.156. The predicted molar refractivity (Wildman–Crippen MR) is 121 cm³/mol. The van der Waals surface area contributed by atoms with Crippen LogP contribution >= 0.6 is 0 Å². The van der Waals surface area contributed by atoms with Crippen molar-refractivity contribution in [1.82, 2.24) is 9.21 Å². The van der Waals surface area contributed by atoms with E-state index in [0.717, 1.165) is 12.0 Å². The van der Waals surface area contributed by atoms with Gasteiger partial charge in [-0.3, -0.25) is 4.90 Å². The number of hydrogen-bond acceptors (Lipinski definition) is 3. The second kappa shape index (κ2) is 9.13. The van der Waals surface area contributed by atoms with Crippen molar-refractivity contribution in [3.63, 3.8) is 0 Å². The fourth-order valence-electron chi connectivity index (χ4n) is 4.13. The number of benzene rings is 3. The molecule has 0 radical (unpaired) electrons. The standard InChI is InChI=1S/C25H28N2O2S/c1-2-21-13-15-24(16-14-21)30(28,29)27-19-17-26(18-20-27)25(22-9-5-3-6-10-22)23-11-7-4-8-12-23/h3-16,25H,2,17-20H2,1H3. The number of aryl methyl sites for hydroxylation is 1. The predicted octanol–water partition coefficient (Wildman–Crippen LogP) is 4.34. The Balaban J connectivity index is 1.53. The van der Waals surface area contributed by atoms with Crippen LogP contribution in [0.2, 0.25) is 0 Å². The van der Waals surface area contributed by atoms with Gasteiger partial charge in [0.05, 0.1) is 10.9 Å². The SMILES string of the molecule is CCc1ccc(S(=O)(=O)N2CCN(C(c3ccccc3)c3ccccc3)CC2)cc1. The van der Waals surface area contributed by atoms with Crippen LogP contribution in [0.15, 0.2) is 89.8 Å². The zero-order valence-corrected chi connectivity index (χ0v) is 18.1. The molecule has 4 nitrogen and oxygen atoms in total. The highest BCUT2D eigenvalue weighted by Crippen LogP contribution is 2.30. The summed E-state index contributed by atoms with van der Waals surface area (Å²) in [5, 5.41) is 0. The molecule has 0 spiro atoms. The maximum Gasteiger partial charge on any atom is 0.243 e. The quantitative estimate of drug-likeness (QED) is 0.595. The van der Waals surface area contributed by atoms with Gasteiger partial charge in [-0.15, -0.1) is 0 Å². The van der Waals surface area contributed by atoms with Crippen LogP contribution in [0.4, 0.5) is 0 Å². The van der Waals surface area contributed by atoms with E-state index in [-0.39, 0.29) is 6.04 Å². The Kier molecular flexibility index (Phi) is 6.32. The largest absolute Gasteiger partial charge is 0.290 e. The van der Waals surface area contributed by atoms with Crippen molar-refractivity contribution in [1.29, 1.82) is 0 Å². The molecule has 0 amide bonds. The molecule has 3 aromatic carbocycles. The van der Waals surface area contributed by atoms with Gasteiger partial charge >= 0.3 is 0 Å². The molecule has 3 aromatic rings. The lowest BCUT2D eigenvalue weighted by Crippen LogP contribution is -2.49. The van der Waals surface area contributed by atoms with Gasteiger partial charge in [0.1, 0.15) is 0 Å². The average Bonchev–Trinajstić information content (AvgIpc) is 2.81. The lowest BCUT2D eigenvalue weighted by atomic mass is 9.96. The third-order valence-corrected chi connectivity index (χ3v) is 7.75. The molecule has 30 heavy (non-hydrogen) atoms. The van der Waals surface area contributed by atoms with Gasteiger partial charge in [-0.1, -0.05) is 79.7 Å². The number of rotatable bonds is 6. The van der Waals surface area contributed by atoms with Crippen molar-refractivity contribution < 1.29 is 8.42 Å². The summed E-state index contributed by atoms with van der Waals surface area (Å²) in [5.74, 6) is 0. The van der Waals surface area contributed by atoms with Crippen LogP contribution in [0, 0.1) is 0 Å². The molecule has 0 N–H and O–H groups in total. The van der Waals surface area contributed by atoms with Crippen molar-refractivity contribution in [2.24, 2.45) is 0 Å². The van der Waals surface area contributed by atoms with E-state index in [1.807, 2.05) is 24.3 Å². The smallest absolute Gasteiger partial charge is 0.243 e. The summed E-state index contributed by atoms with van der Waals surface area (Å²) in [7, 11) is -3.46. The Morgan fingerprint density at radius 2 is 1.23 bits per heavy atom. The number of hydrogen-bond donors (Lipinski definition) is 0. The van der Waals surface area contributed by atoms with Crippen molar-refractivity contribution in [2.45, 2.75) is 24.3 Å². The molecule has 1 aliphatic rings. The molecule has 4 rings (SSSR count).